The molecule has 3 nitrogen and oxygen atoms in total. The molecule has 1 N–H and O–H groups in total. The van der Waals surface area contributed by atoms with Gasteiger partial charge in [-0.3, -0.25) is 10.1 Å². The normalized spacial score (nSPS) is 23.9. The number of nitrogens with one attached hydrogen (secondary N) is 1. The zero-order valence-corrected chi connectivity index (χ0v) is 14.0. The third kappa shape index (κ3) is 3.24. The standard InChI is InChI=1S/C17H25ClN2O/c1-5-13(6-2)12(4)20-16(19-11(3)17(20)21)14-7-9-15(18)10-8-14/h7-13,16,19H,5-6H2,1-4H3. The number of carbonyl (C=O) groups is 1. The lowest BCUT2D eigenvalue weighted by atomic mass is 9.93. The van der Waals surface area contributed by atoms with Crippen LogP contribution >= 0.6 is 11.6 Å². The van der Waals surface area contributed by atoms with Crippen molar-refractivity contribution in [2.24, 2.45) is 5.92 Å². The molecule has 3 unspecified atom stereocenters. The maximum Gasteiger partial charge on any atom is 0.241 e. The van der Waals surface area contributed by atoms with Gasteiger partial charge in [-0.15, -0.1) is 0 Å². The number of amides is 1. The predicted octanol–water partition coefficient (Wildman–Crippen LogP) is 3.98. The van der Waals surface area contributed by atoms with Crippen molar-refractivity contribution in [2.45, 2.75) is 58.8 Å². The van der Waals surface area contributed by atoms with Crippen LogP contribution in [0, 0.1) is 5.92 Å². The highest BCUT2D eigenvalue weighted by Gasteiger charge is 2.41. The Labute approximate surface area is 132 Å². The van der Waals surface area contributed by atoms with Gasteiger partial charge in [0.15, 0.2) is 0 Å². The summed E-state index contributed by atoms with van der Waals surface area (Å²) in [5, 5.41) is 4.12. The van der Waals surface area contributed by atoms with Crippen molar-refractivity contribution >= 4 is 17.5 Å². The Morgan fingerprint density at radius 1 is 1.24 bits per heavy atom. The van der Waals surface area contributed by atoms with Crippen molar-refractivity contribution in [3.05, 3.63) is 34.9 Å². The highest BCUT2D eigenvalue weighted by Crippen LogP contribution is 2.32. The summed E-state index contributed by atoms with van der Waals surface area (Å²) in [5.41, 5.74) is 1.09. The first-order valence-electron chi connectivity index (χ1n) is 7.83. The lowest BCUT2D eigenvalue weighted by molar-refractivity contribution is -0.133. The average Bonchev–Trinajstić information content (AvgIpc) is 2.77. The van der Waals surface area contributed by atoms with Crippen molar-refractivity contribution in [1.29, 1.82) is 0 Å². The minimum Gasteiger partial charge on any atom is -0.319 e. The second-order valence-corrected chi connectivity index (χ2v) is 6.34. The molecule has 1 aliphatic rings. The van der Waals surface area contributed by atoms with Crippen LogP contribution in [0.4, 0.5) is 0 Å². The van der Waals surface area contributed by atoms with E-state index in [0.29, 0.717) is 5.92 Å². The van der Waals surface area contributed by atoms with Gasteiger partial charge in [0, 0.05) is 11.1 Å². The predicted molar refractivity (Wildman–Crippen MR) is 87.2 cm³/mol. The number of rotatable bonds is 5. The third-order valence-corrected chi connectivity index (χ3v) is 4.92. The monoisotopic (exact) mass is 308 g/mol. The Balaban J connectivity index is 2.30. The molecule has 0 radical (unpaired) electrons. The molecule has 4 heteroatoms. The van der Waals surface area contributed by atoms with E-state index in [-0.39, 0.29) is 24.2 Å². The highest BCUT2D eigenvalue weighted by atomic mass is 35.5. The van der Waals surface area contributed by atoms with Crippen LogP contribution < -0.4 is 5.32 Å². The van der Waals surface area contributed by atoms with E-state index in [4.69, 9.17) is 11.6 Å². The molecule has 0 aliphatic carbocycles. The molecule has 1 heterocycles. The van der Waals surface area contributed by atoms with E-state index in [0.717, 1.165) is 23.4 Å². The number of benzene rings is 1. The molecule has 1 aromatic rings. The molecule has 116 valence electrons. The highest BCUT2D eigenvalue weighted by molar-refractivity contribution is 6.30. The van der Waals surface area contributed by atoms with Crippen molar-refractivity contribution < 1.29 is 4.79 Å². The fraction of sp³-hybridized carbons (Fsp3) is 0.588. The molecule has 0 bridgehead atoms. The molecule has 2 rings (SSSR count). The van der Waals surface area contributed by atoms with Crippen LogP contribution in [0.1, 0.15) is 52.3 Å². The van der Waals surface area contributed by atoms with Crippen molar-refractivity contribution in [1.82, 2.24) is 10.2 Å². The van der Waals surface area contributed by atoms with Crippen molar-refractivity contribution in [2.75, 3.05) is 0 Å². The Kier molecular flexibility index (Phi) is 5.28. The Morgan fingerprint density at radius 2 is 1.81 bits per heavy atom. The summed E-state index contributed by atoms with van der Waals surface area (Å²) in [6.07, 6.45) is 2.12. The van der Waals surface area contributed by atoms with Gasteiger partial charge in [0.1, 0.15) is 6.17 Å². The second-order valence-electron chi connectivity index (χ2n) is 5.91. The van der Waals surface area contributed by atoms with Crippen molar-refractivity contribution in [3.63, 3.8) is 0 Å². The Hall–Kier alpha value is -1.06. The van der Waals surface area contributed by atoms with Gasteiger partial charge in [0.2, 0.25) is 5.91 Å². The first kappa shape index (κ1) is 16.3. The van der Waals surface area contributed by atoms with E-state index in [1.165, 1.54) is 0 Å². The molecule has 0 saturated carbocycles. The maximum absolute atomic E-state index is 12.6. The van der Waals surface area contributed by atoms with Crippen LogP contribution in [0.5, 0.6) is 0 Å². The van der Waals surface area contributed by atoms with E-state index in [2.05, 4.69) is 26.1 Å². The first-order valence-corrected chi connectivity index (χ1v) is 8.21. The van der Waals surface area contributed by atoms with Crippen LogP contribution in [-0.2, 0) is 4.79 Å². The zero-order valence-electron chi connectivity index (χ0n) is 13.3. The van der Waals surface area contributed by atoms with E-state index in [1.54, 1.807) is 0 Å². The van der Waals surface area contributed by atoms with Gasteiger partial charge >= 0.3 is 0 Å². The SMILES string of the molecule is CCC(CC)C(C)N1C(=O)C(C)NC1c1ccc(Cl)cc1. The average molecular weight is 309 g/mol. The van der Waals surface area contributed by atoms with Crippen molar-refractivity contribution in [3.8, 4) is 0 Å². The molecule has 1 aliphatic heterocycles. The fourth-order valence-corrected chi connectivity index (χ4v) is 3.40. The van der Waals surface area contributed by atoms with Gasteiger partial charge in [0.05, 0.1) is 6.04 Å². The summed E-state index contributed by atoms with van der Waals surface area (Å²) < 4.78 is 0. The lowest BCUT2D eigenvalue weighted by Crippen LogP contribution is -2.42. The minimum atomic E-state index is -0.137. The Morgan fingerprint density at radius 3 is 2.33 bits per heavy atom. The van der Waals surface area contributed by atoms with Gasteiger partial charge in [-0.1, -0.05) is 50.4 Å². The molecule has 21 heavy (non-hydrogen) atoms. The Bertz CT molecular complexity index is 484. The van der Waals surface area contributed by atoms with E-state index in [1.807, 2.05) is 36.1 Å². The van der Waals surface area contributed by atoms with E-state index >= 15 is 0 Å². The molecule has 1 fully saturated rings. The third-order valence-electron chi connectivity index (χ3n) is 4.67. The smallest absolute Gasteiger partial charge is 0.241 e. The molecule has 1 aromatic carbocycles. The van der Waals surface area contributed by atoms with Crippen LogP contribution in [0.15, 0.2) is 24.3 Å². The van der Waals surface area contributed by atoms with Crippen LogP contribution in [0.25, 0.3) is 0 Å². The summed E-state index contributed by atoms with van der Waals surface area (Å²) in [5.74, 6) is 0.713. The zero-order chi connectivity index (χ0) is 15.6. The molecular formula is C17H25ClN2O. The quantitative estimate of drug-likeness (QED) is 0.892. The van der Waals surface area contributed by atoms with Gasteiger partial charge in [-0.05, 0) is 37.5 Å². The van der Waals surface area contributed by atoms with Gasteiger partial charge in [-0.2, -0.15) is 0 Å². The number of hydrogen-bond donors (Lipinski definition) is 1. The van der Waals surface area contributed by atoms with Crippen LogP contribution in [0.3, 0.4) is 0 Å². The molecule has 1 amide bonds. The fourth-order valence-electron chi connectivity index (χ4n) is 3.28. The molecule has 1 saturated heterocycles. The summed E-state index contributed by atoms with van der Waals surface area (Å²) in [4.78, 5) is 14.6. The van der Waals surface area contributed by atoms with E-state index < -0.39 is 0 Å². The number of halogens is 1. The minimum absolute atomic E-state index is 0.0552. The summed E-state index contributed by atoms with van der Waals surface area (Å²) in [7, 11) is 0. The lowest BCUT2D eigenvalue weighted by Gasteiger charge is -2.35. The summed E-state index contributed by atoms with van der Waals surface area (Å²) >= 11 is 5.97. The topological polar surface area (TPSA) is 32.3 Å². The molecule has 3 atom stereocenters. The number of nitrogens with zero attached hydrogens (tertiary/aromatic N) is 1. The van der Waals surface area contributed by atoms with Gasteiger partial charge < -0.3 is 4.90 Å². The number of carbonyl (C=O) groups excluding carboxylic acids is 1. The summed E-state index contributed by atoms with van der Waals surface area (Å²) in [6.45, 7) is 8.49. The number of hydrogen-bond acceptors (Lipinski definition) is 2. The summed E-state index contributed by atoms with van der Waals surface area (Å²) in [6, 6.07) is 7.85. The van der Waals surface area contributed by atoms with Gasteiger partial charge in [-0.25, -0.2) is 0 Å². The maximum atomic E-state index is 12.6. The molecule has 0 spiro atoms. The van der Waals surface area contributed by atoms with Gasteiger partial charge in [0.25, 0.3) is 0 Å². The molecular weight excluding hydrogens is 284 g/mol. The first-order chi connectivity index (χ1) is 9.99. The van der Waals surface area contributed by atoms with E-state index in [9.17, 15) is 4.79 Å². The largest absolute Gasteiger partial charge is 0.319 e. The second kappa shape index (κ2) is 6.80. The molecule has 0 aromatic heterocycles. The van der Waals surface area contributed by atoms with Crippen LogP contribution in [-0.4, -0.2) is 22.9 Å². The van der Waals surface area contributed by atoms with Crippen LogP contribution in [0.2, 0.25) is 5.02 Å².